The Labute approximate surface area is 183 Å². The van der Waals surface area contributed by atoms with Crippen LogP contribution in [0.3, 0.4) is 0 Å². The van der Waals surface area contributed by atoms with Gasteiger partial charge in [-0.1, -0.05) is 12.1 Å². The monoisotopic (exact) mass is 433 g/mol. The van der Waals surface area contributed by atoms with Crippen molar-refractivity contribution in [2.24, 2.45) is 0 Å². The first-order chi connectivity index (χ1) is 14.9. The predicted molar refractivity (Wildman–Crippen MR) is 118 cm³/mol. The van der Waals surface area contributed by atoms with Crippen LogP contribution >= 0.6 is 11.3 Å². The summed E-state index contributed by atoms with van der Waals surface area (Å²) in [6, 6.07) is 12.0. The number of anilines is 1. The zero-order chi connectivity index (χ0) is 22.0. The van der Waals surface area contributed by atoms with Gasteiger partial charge in [0.25, 0.3) is 11.8 Å². The molecule has 3 aromatic rings. The maximum absolute atomic E-state index is 12.3. The van der Waals surface area contributed by atoms with Crippen LogP contribution in [0.25, 0.3) is 6.08 Å². The number of rotatable bonds is 6. The highest BCUT2D eigenvalue weighted by Crippen LogP contribution is 2.25. The minimum atomic E-state index is -0.378. The highest BCUT2D eigenvalue weighted by molar-refractivity contribution is 7.09. The fraction of sp³-hybridized carbons (Fsp3) is 0.130. The van der Waals surface area contributed by atoms with Gasteiger partial charge in [0, 0.05) is 24.2 Å². The number of hydrogen-bond donors (Lipinski definition) is 1. The summed E-state index contributed by atoms with van der Waals surface area (Å²) in [5.74, 6) is -0.394. The summed E-state index contributed by atoms with van der Waals surface area (Å²) in [6.07, 6.45) is 3.07. The van der Waals surface area contributed by atoms with Gasteiger partial charge in [-0.05, 0) is 48.9 Å². The van der Waals surface area contributed by atoms with Crippen LogP contribution < -0.4 is 10.1 Å². The van der Waals surface area contributed by atoms with Crippen molar-refractivity contribution in [1.82, 2.24) is 9.88 Å². The first-order valence-corrected chi connectivity index (χ1v) is 10.4. The highest BCUT2D eigenvalue weighted by Gasteiger charge is 2.32. The molecule has 8 heteroatoms. The lowest BCUT2D eigenvalue weighted by atomic mass is 10.1. The van der Waals surface area contributed by atoms with Crippen LogP contribution in [0, 0.1) is 6.92 Å². The van der Waals surface area contributed by atoms with Crippen LogP contribution in [0.1, 0.15) is 37.0 Å². The predicted octanol–water partition coefficient (Wildman–Crippen LogP) is 3.91. The van der Waals surface area contributed by atoms with Crippen molar-refractivity contribution in [3.63, 3.8) is 0 Å². The Morgan fingerprint density at radius 3 is 2.74 bits per heavy atom. The molecule has 1 aromatic heterocycles. The number of fused-ring (bicyclic) bond motifs is 1. The molecule has 0 unspecified atom stereocenters. The number of benzene rings is 2. The second-order valence-corrected chi connectivity index (χ2v) is 8.03. The Hall–Kier alpha value is -3.78. The zero-order valence-electron chi connectivity index (χ0n) is 16.9. The SMILES string of the molecule is Cc1nc(COc2cccc(/C=C/C(=O)Nc3ccc4c(c3)C(=O)N(C)C4=O)c2)cs1. The Kier molecular flexibility index (Phi) is 5.64. The summed E-state index contributed by atoms with van der Waals surface area (Å²) in [6.45, 7) is 2.33. The van der Waals surface area contributed by atoms with Crippen LogP contribution in [0.2, 0.25) is 0 Å². The smallest absolute Gasteiger partial charge is 0.261 e. The number of amides is 3. The highest BCUT2D eigenvalue weighted by atomic mass is 32.1. The molecule has 0 fully saturated rings. The Balaban J connectivity index is 1.38. The molecule has 7 nitrogen and oxygen atoms in total. The molecule has 2 aromatic carbocycles. The number of nitrogens with one attached hydrogen (secondary N) is 1. The summed E-state index contributed by atoms with van der Waals surface area (Å²) >= 11 is 1.58. The van der Waals surface area contributed by atoms with E-state index in [-0.39, 0.29) is 23.3 Å². The Morgan fingerprint density at radius 2 is 1.97 bits per heavy atom. The van der Waals surface area contributed by atoms with E-state index in [4.69, 9.17) is 4.74 Å². The molecule has 4 rings (SSSR count). The van der Waals surface area contributed by atoms with Crippen LogP contribution in [0.15, 0.2) is 53.9 Å². The number of carbonyl (C=O) groups excluding carboxylic acids is 3. The minimum Gasteiger partial charge on any atom is -0.487 e. The molecule has 1 aliphatic rings. The number of thiazole rings is 1. The Morgan fingerprint density at radius 1 is 1.16 bits per heavy atom. The quantitative estimate of drug-likeness (QED) is 0.470. The summed E-state index contributed by atoms with van der Waals surface area (Å²) in [5.41, 5.74) is 2.75. The standard InChI is InChI=1S/C23H19N3O4S/c1-14-24-17(13-31-14)12-30-18-5-3-4-15(10-18)6-9-21(27)25-16-7-8-19-20(11-16)23(29)26(2)22(19)28/h3-11,13H,12H2,1-2H3,(H,25,27)/b9-6+. The van der Waals surface area contributed by atoms with Crippen molar-refractivity contribution in [1.29, 1.82) is 0 Å². The number of imide groups is 1. The average molecular weight is 433 g/mol. The number of aromatic nitrogens is 1. The molecule has 156 valence electrons. The van der Waals surface area contributed by atoms with E-state index in [2.05, 4.69) is 10.3 Å². The minimum absolute atomic E-state index is 0.287. The van der Waals surface area contributed by atoms with Gasteiger partial charge in [0.2, 0.25) is 5.91 Å². The van der Waals surface area contributed by atoms with Crippen molar-refractivity contribution in [2.45, 2.75) is 13.5 Å². The lowest BCUT2D eigenvalue weighted by molar-refractivity contribution is -0.111. The molecule has 0 atom stereocenters. The second kappa shape index (κ2) is 8.53. The molecule has 0 bridgehead atoms. The van der Waals surface area contributed by atoms with E-state index >= 15 is 0 Å². The largest absolute Gasteiger partial charge is 0.487 e. The second-order valence-electron chi connectivity index (χ2n) is 6.97. The average Bonchev–Trinajstić information content (AvgIpc) is 3.28. The van der Waals surface area contributed by atoms with Crippen LogP contribution in [-0.4, -0.2) is 34.7 Å². The molecule has 0 radical (unpaired) electrons. The van der Waals surface area contributed by atoms with E-state index in [9.17, 15) is 14.4 Å². The molecule has 1 aliphatic heterocycles. The maximum atomic E-state index is 12.3. The molecule has 0 saturated heterocycles. The van der Waals surface area contributed by atoms with Gasteiger partial charge in [-0.3, -0.25) is 19.3 Å². The number of nitrogens with zero attached hydrogens (tertiary/aromatic N) is 2. The van der Waals surface area contributed by atoms with Gasteiger partial charge in [0.1, 0.15) is 12.4 Å². The van der Waals surface area contributed by atoms with E-state index in [1.54, 1.807) is 29.5 Å². The fourth-order valence-electron chi connectivity index (χ4n) is 3.13. The normalized spacial score (nSPS) is 13.0. The van der Waals surface area contributed by atoms with E-state index in [1.807, 2.05) is 36.6 Å². The maximum Gasteiger partial charge on any atom is 0.261 e. The summed E-state index contributed by atoms with van der Waals surface area (Å²) in [5, 5.41) is 5.66. The number of carbonyl (C=O) groups is 3. The first kappa shape index (κ1) is 20.5. The zero-order valence-corrected chi connectivity index (χ0v) is 17.7. The first-order valence-electron chi connectivity index (χ1n) is 9.50. The molecule has 2 heterocycles. The van der Waals surface area contributed by atoms with Crippen LogP contribution in [0.5, 0.6) is 5.75 Å². The van der Waals surface area contributed by atoms with E-state index in [0.717, 1.165) is 21.2 Å². The van der Waals surface area contributed by atoms with Gasteiger partial charge in [-0.2, -0.15) is 0 Å². The van der Waals surface area contributed by atoms with Crippen molar-refractivity contribution < 1.29 is 19.1 Å². The van der Waals surface area contributed by atoms with Gasteiger partial charge >= 0.3 is 0 Å². The van der Waals surface area contributed by atoms with E-state index in [0.29, 0.717) is 23.6 Å². The van der Waals surface area contributed by atoms with Crippen molar-refractivity contribution in [3.05, 3.63) is 81.3 Å². The van der Waals surface area contributed by atoms with E-state index in [1.165, 1.54) is 19.2 Å². The van der Waals surface area contributed by atoms with Gasteiger partial charge in [0.15, 0.2) is 0 Å². The fourth-order valence-corrected chi connectivity index (χ4v) is 3.73. The van der Waals surface area contributed by atoms with Gasteiger partial charge in [0.05, 0.1) is 21.8 Å². The van der Waals surface area contributed by atoms with Crippen molar-refractivity contribution in [2.75, 3.05) is 12.4 Å². The molecule has 0 aliphatic carbocycles. The van der Waals surface area contributed by atoms with Crippen LogP contribution in [-0.2, 0) is 11.4 Å². The molecule has 31 heavy (non-hydrogen) atoms. The summed E-state index contributed by atoms with van der Waals surface area (Å²) in [7, 11) is 1.43. The summed E-state index contributed by atoms with van der Waals surface area (Å²) < 4.78 is 5.76. The molecule has 3 amide bonds. The molecular formula is C23H19N3O4S. The number of hydrogen-bond acceptors (Lipinski definition) is 6. The van der Waals surface area contributed by atoms with Crippen LogP contribution in [0.4, 0.5) is 5.69 Å². The van der Waals surface area contributed by atoms with E-state index < -0.39 is 0 Å². The Bertz CT molecular complexity index is 1220. The van der Waals surface area contributed by atoms with Crippen molar-refractivity contribution >= 4 is 40.8 Å². The number of aryl methyl sites for hydroxylation is 1. The lowest BCUT2D eigenvalue weighted by Crippen LogP contribution is -2.24. The van der Waals surface area contributed by atoms with Gasteiger partial charge in [-0.15, -0.1) is 11.3 Å². The van der Waals surface area contributed by atoms with Crippen molar-refractivity contribution in [3.8, 4) is 5.75 Å². The van der Waals surface area contributed by atoms with Gasteiger partial charge in [-0.25, -0.2) is 4.98 Å². The molecule has 0 saturated carbocycles. The van der Waals surface area contributed by atoms with Gasteiger partial charge < -0.3 is 10.1 Å². The molecule has 1 N–H and O–H groups in total. The number of ether oxygens (including phenoxy) is 1. The third kappa shape index (κ3) is 4.54. The third-order valence-corrected chi connectivity index (χ3v) is 5.52. The topological polar surface area (TPSA) is 88.6 Å². The molecular weight excluding hydrogens is 414 g/mol. The molecule has 0 spiro atoms. The third-order valence-electron chi connectivity index (χ3n) is 4.70. The lowest BCUT2D eigenvalue weighted by Gasteiger charge is -2.05. The summed E-state index contributed by atoms with van der Waals surface area (Å²) in [4.78, 5) is 41.8.